The minimum Gasteiger partial charge on any atom is -0.352 e. The number of fused-ring (bicyclic) bond motifs is 1. The topological polar surface area (TPSA) is 29.5 Å². The number of nitrogens with zero attached hydrogens (tertiary/aromatic N) is 1. The van der Waals surface area contributed by atoms with E-state index >= 15 is 0 Å². The van der Waals surface area contributed by atoms with Crippen LogP contribution in [0.1, 0.15) is 39.5 Å². The molecular formula is C16H25NO2. The summed E-state index contributed by atoms with van der Waals surface area (Å²) in [6.07, 6.45) is 7.16. The van der Waals surface area contributed by atoms with Crippen LogP contribution in [0.4, 0.5) is 0 Å². The van der Waals surface area contributed by atoms with Crippen molar-refractivity contribution in [1.82, 2.24) is 4.90 Å². The molecule has 2 saturated heterocycles. The Kier molecular flexibility index (Phi) is 4.14. The van der Waals surface area contributed by atoms with Gasteiger partial charge in [0, 0.05) is 12.5 Å². The van der Waals surface area contributed by atoms with Gasteiger partial charge in [-0.3, -0.25) is 4.79 Å². The van der Waals surface area contributed by atoms with Crippen LogP contribution in [-0.2, 0) is 9.53 Å². The van der Waals surface area contributed by atoms with Gasteiger partial charge in [0.05, 0.1) is 5.60 Å². The molecule has 3 heteroatoms. The van der Waals surface area contributed by atoms with Gasteiger partial charge in [-0.1, -0.05) is 12.2 Å². The maximum absolute atomic E-state index is 12.6. The first kappa shape index (κ1) is 14.3. The van der Waals surface area contributed by atoms with Crippen molar-refractivity contribution in [2.75, 3.05) is 6.54 Å². The fourth-order valence-electron chi connectivity index (χ4n) is 3.24. The maximum Gasteiger partial charge on any atom is 0.228 e. The van der Waals surface area contributed by atoms with Gasteiger partial charge in [-0.25, -0.2) is 0 Å². The average Bonchev–Trinajstić information content (AvgIpc) is 2.33. The van der Waals surface area contributed by atoms with Crippen molar-refractivity contribution < 1.29 is 9.53 Å². The van der Waals surface area contributed by atoms with Gasteiger partial charge in [0.25, 0.3) is 0 Å². The molecule has 0 N–H and O–H groups in total. The Morgan fingerprint density at radius 2 is 2.05 bits per heavy atom. The Balaban J connectivity index is 2.17. The largest absolute Gasteiger partial charge is 0.352 e. The molecule has 2 fully saturated rings. The number of hydrogen-bond acceptors (Lipinski definition) is 2. The SMILES string of the molecule is C=CC[C@H]1CC2OC(C)(C)CCN2C(=O)[C@@H]1CC=C. The third kappa shape index (κ3) is 2.92. The van der Waals surface area contributed by atoms with Gasteiger partial charge < -0.3 is 9.64 Å². The van der Waals surface area contributed by atoms with Crippen molar-refractivity contribution in [3.63, 3.8) is 0 Å². The van der Waals surface area contributed by atoms with Crippen molar-refractivity contribution in [2.24, 2.45) is 11.8 Å². The van der Waals surface area contributed by atoms with Gasteiger partial charge in [0.15, 0.2) is 0 Å². The number of piperidine rings is 1. The fraction of sp³-hybridized carbons (Fsp3) is 0.688. The summed E-state index contributed by atoms with van der Waals surface area (Å²) in [5.74, 6) is 0.619. The molecule has 106 valence electrons. The lowest BCUT2D eigenvalue weighted by Gasteiger charge is -2.49. The molecule has 3 nitrogen and oxygen atoms in total. The van der Waals surface area contributed by atoms with E-state index in [9.17, 15) is 4.79 Å². The predicted molar refractivity (Wildman–Crippen MR) is 76.5 cm³/mol. The zero-order chi connectivity index (χ0) is 14.0. The van der Waals surface area contributed by atoms with Gasteiger partial charge in [-0.05, 0) is 45.4 Å². The molecule has 19 heavy (non-hydrogen) atoms. The summed E-state index contributed by atoms with van der Waals surface area (Å²) in [7, 11) is 0. The number of allylic oxidation sites excluding steroid dienone is 2. The Hall–Kier alpha value is -1.09. The summed E-state index contributed by atoms with van der Waals surface area (Å²) < 4.78 is 6.10. The van der Waals surface area contributed by atoms with Crippen LogP contribution in [0.15, 0.2) is 25.3 Å². The van der Waals surface area contributed by atoms with E-state index in [1.54, 1.807) is 0 Å². The monoisotopic (exact) mass is 263 g/mol. The summed E-state index contributed by atoms with van der Waals surface area (Å²) >= 11 is 0. The Morgan fingerprint density at radius 3 is 2.68 bits per heavy atom. The minimum atomic E-state index is -0.120. The maximum atomic E-state index is 12.6. The second-order valence-electron chi connectivity index (χ2n) is 6.26. The van der Waals surface area contributed by atoms with Crippen molar-refractivity contribution in [1.29, 1.82) is 0 Å². The van der Waals surface area contributed by atoms with Crippen LogP contribution in [0.5, 0.6) is 0 Å². The highest BCUT2D eigenvalue weighted by Crippen LogP contribution is 2.39. The standard InChI is InChI=1S/C16H25NO2/c1-5-7-12-11-14-17(10-9-16(3,4)19-14)15(18)13(12)8-6-2/h5-6,12-14H,1-2,7-11H2,3-4H3/t12-,13+,14?/m0/s1. The van der Waals surface area contributed by atoms with Crippen LogP contribution in [0.3, 0.4) is 0 Å². The lowest BCUT2D eigenvalue weighted by molar-refractivity contribution is -0.210. The number of carbonyl (C=O) groups excluding carboxylic acids is 1. The normalized spacial score (nSPS) is 33.7. The number of ether oxygens (including phenoxy) is 1. The highest BCUT2D eigenvalue weighted by Gasteiger charge is 2.45. The molecule has 2 aliphatic rings. The molecule has 0 aromatic carbocycles. The first-order valence-electron chi connectivity index (χ1n) is 7.18. The van der Waals surface area contributed by atoms with Crippen LogP contribution in [0.2, 0.25) is 0 Å². The molecule has 1 unspecified atom stereocenters. The highest BCUT2D eigenvalue weighted by atomic mass is 16.5. The summed E-state index contributed by atoms with van der Waals surface area (Å²) in [5, 5.41) is 0. The molecule has 3 atom stereocenters. The molecule has 2 heterocycles. The molecule has 0 bridgehead atoms. The number of amides is 1. The predicted octanol–water partition coefficient (Wildman–Crippen LogP) is 3.13. The lowest BCUT2D eigenvalue weighted by Crippen LogP contribution is -2.58. The molecule has 0 spiro atoms. The van der Waals surface area contributed by atoms with Crippen LogP contribution >= 0.6 is 0 Å². The van der Waals surface area contributed by atoms with Gasteiger partial charge in [0.2, 0.25) is 5.91 Å². The van der Waals surface area contributed by atoms with E-state index < -0.39 is 0 Å². The van der Waals surface area contributed by atoms with E-state index in [1.165, 1.54) is 0 Å². The van der Waals surface area contributed by atoms with E-state index in [0.29, 0.717) is 5.92 Å². The molecule has 0 aromatic heterocycles. The van der Waals surface area contributed by atoms with Crippen LogP contribution in [-0.4, -0.2) is 29.2 Å². The Morgan fingerprint density at radius 1 is 1.37 bits per heavy atom. The molecule has 1 amide bonds. The van der Waals surface area contributed by atoms with E-state index in [4.69, 9.17) is 4.74 Å². The summed E-state index contributed by atoms with van der Waals surface area (Å²) in [6.45, 7) is 12.6. The Labute approximate surface area is 116 Å². The molecular weight excluding hydrogens is 238 g/mol. The van der Waals surface area contributed by atoms with E-state index in [1.807, 2.05) is 17.1 Å². The second kappa shape index (κ2) is 5.49. The zero-order valence-corrected chi connectivity index (χ0v) is 12.1. The first-order chi connectivity index (χ1) is 8.98. The van der Waals surface area contributed by atoms with Gasteiger partial charge in [0.1, 0.15) is 6.23 Å². The molecule has 0 saturated carbocycles. The van der Waals surface area contributed by atoms with E-state index in [-0.39, 0.29) is 23.7 Å². The minimum absolute atomic E-state index is 0.0524. The number of hydrogen-bond donors (Lipinski definition) is 0. The first-order valence-corrected chi connectivity index (χ1v) is 7.18. The third-order valence-electron chi connectivity index (χ3n) is 4.32. The van der Waals surface area contributed by atoms with Crippen molar-refractivity contribution in [3.8, 4) is 0 Å². The number of carbonyl (C=O) groups is 1. The van der Waals surface area contributed by atoms with Crippen LogP contribution in [0, 0.1) is 11.8 Å². The van der Waals surface area contributed by atoms with E-state index in [2.05, 4.69) is 27.0 Å². The van der Waals surface area contributed by atoms with E-state index in [0.717, 1.165) is 32.2 Å². The smallest absolute Gasteiger partial charge is 0.228 e. The van der Waals surface area contributed by atoms with Gasteiger partial charge in [-0.15, -0.1) is 13.2 Å². The molecule has 0 radical (unpaired) electrons. The average molecular weight is 263 g/mol. The number of rotatable bonds is 4. The summed E-state index contributed by atoms with van der Waals surface area (Å²) in [5.41, 5.74) is -0.120. The molecule has 0 aromatic rings. The van der Waals surface area contributed by atoms with Crippen LogP contribution < -0.4 is 0 Å². The molecule has 2 rings (SSSR count). The lowest BCUT2D eigenvalue weighted by atomic mass is 9.79. The van der Waals surface area contributed by atoms with Gasteiger partial charge in [-0.2, -0.15) is 0 Å². The van der Waals surface area contributed by atoms with Gasteiger partial charge >= 0.3 is 0 Å². The second-order valence-corrected chi connectivity index (χ2v) is 6.26. The Bertz CT molecular complexity index is 375. The van der Waals surface area contributed by atoms with Crippen molar-refractivity contribution in [3.05, 3.63) is 25.3 Å². The van der Waals surface area contributed by atoms with Crippen molar-refractivity contribution >= 4 is 5.91 Å². The molecule has 2 aliphatic heterocycles. The van der Waals surface area contributed by atoms with Crippen LogP contribution in [0.25, 0.3) is 0 Å². The molecule has 0 aliphatic carbocycles. The zero-order valence-electron chi connectivity index (χ0n) is 12.1. The third-order valence-corrected chi connectivity index (χ3v) is 4.32. The van der Waals surface area contributed by atoms with Crippen molar-refractivity contribution in [2.45, 2.75) is 51.4 Å². The summed E-state index contributed by atoms with van der Waals surface area (Å²) in [4.78, 5) is 14.5. The highest BCUT2D eigenvalue weighted by molar-refractivity contribution is 5.80. The fourth-order valence-corrected chi connectivity index (χ4v) is 3.24. The summed E-state index contributed by atoms with van der Waals surface area (Å²) in [6, 6.07) is 0. The quantitative estimate of drug-likeness (QED) is 0.729.